The molecule has 1 heterocycles. The predicted octanol–water partition coefficient (Wildman–Crippen LogP) is 0.895. The van der Waals surface area contributed by atoms with E-state index < -0.39 is 23.2 Å². The van der Waals surface area contributed by atoms with E-state index in [1.165, 1.54) is 0 Å². The highest BCUT2D eigenvalue weighted by molar-refractivity contribution is 5.98. The molecule has 0 radical (unpaired) electrons. The van der Waals surface area contributed by atoms with Gasteiger partial charge in [0, 0.05) is 32.1 Å². The maximum Gasteiger partial charge on any atom is 0.329 e. The molecule has 2 rings (SSSR count). The first-order valence-electron chi connectivity index (χ1n) is 6.07. The van der Waals surface area contributed by atoms with Crippen LogP contribution in [0.5, 0.6) is 5.75 Å². The summed E-state index contributed by atoms with van der Waals surface area (Å²) in [6.45, 7) is 0.426. The molecular weight excluding hydrogens is 269 g/mol. The Bertz CT molecular complexity index is 540. The molecule has 0 aliphatic carbocycles. The van der Waals surface area contributed by atoms with Crippen LogP contribution < -0.4 is 5.32 Å². The quantitative estimate of drug-likeness (QED) is 0.765. The first-order valence-corrected chi connectivity index (χ1v) is 6.07. The van der Waals surface area contributed by atoms with Gasteiger partial charge in [-0.1, -0.05) is 0 Å². The molecule has 0 unspecified atom stereocenters. The number of hydrogen-bond acceptors (Lipinski definition) is 4. The van der Waals surface area contributed by atoms with Crippen molar-refractivity contribution in [1.29, 1.82) is 0 Å². The Hall–Kier alpha value is -2.15. The summed E-state index contributed by atoms with van der Waals surface area (Å²) in [6, 6.07) is 3.07. The molecule has 1 aliphatic heterocycles. The zero-order chi connectivity index (χ0) is 14.8. The Labute approximate surface area is 114 Å². The summed E-state index contributed by atoms with van der Waals surface area (Å²) >= 11 is 0. The third kappa shape index (κ3) is 2.72. The zero-order valence-electron chi connectivity index (χ0n) is 10.6. The first-order chi connectivity index (χ1) is 9.44. The van der Waals surface area contributed by atoms with E-state index in [2.05, 4.69) is 5.32 Å². The van der Waals surface area contributed by atoms with E-state index in [9.17, 15) is 19.1 Å². The van der Waals surface area contributed by atoms with Crippen LogP contribution in [0.25, 0.3) is 0 Å². The number of halogens is 1. The fourth-order valence-electron chi connectivity index (χ4n) is 2.09. The fourth-order valence-corrected chi connectivity index (χ4v) is 2.09. The van der Waals surface area contributed by atoms with Crippen LogP contribution in [-0.2, 0) is 9.53 Å². The largest absolute Gasteiger partial charge is 0.508 e. The number of carbonyl (C=O) groups excluding carboxylic acids is 1. The highest BCUT2D eigenvalue weighted by Crippen LogP contribution is 2.23. The SMILES string of the molecule is O=C(NC1(C(=O)O)CCOCC1)c1ccc(O)cc1F. The molecule has 0 bridgehead atoms. The average Bonchev–Trinajstić information content (AvgIpc) is 2.39. The van der Waals surface area contributed by atoms with E-state index in [4.69, 9.17) is 9.84 Å². The highest BCUT2D eigenvalue weighted by Gasteiger charge is 2.42. The van der Waals surface area contributed by atoms with Crippen molar-refractivity contribution < 1.29 is 28.9 Å². The lowest BCUT2D eigenvalue weighted by Crippen LogP contribution is -2.57. The molecule has 1 amide bonds. The minimum Gasteiger partial charge on any atom is -0.508 e. The monoisotopic (exact) mass is 283 g/mol. The van der Waals surface area contributed by atoms with Gasteiger partial charge in [-0.15, -0.1) is 0 Å². The summed E-state index contributed by atoms with van der Waals surface area (Å²) in [7, 11) is 0. The van der Waals surface area contributed by atoms with Crippen LogP contribution in [0, 0.1) is 5.82 Å². The molecule has 1 aliphatic rings. The topological polar surface area (TPSA) is 95.9 Å². The second kappa shape index (κ2) is 5.46. The third-order valence-corrected chi connectivity index (χ3v) is 3.31. The number of nitrogens with one attached hydrogen (secondary N) is 1. The van der Waals surface area contributed by atoms with Crippen LogP contribution in [0.1, 0.15) is 23.2 Å². The predicted molar refractivity (Wildman–Crippen MR) is 66.0 cm³/mol. The summed E-state index contributed by atoms with van der Waals surface area (Å²) in [5, 5.41) is 20.8. The lowest BCUT2D eigenvalue weighted by Gasteiger charge is -2.33. The number of benzene rings is 1. The molecule has 0 saturated carbocycles. The van der Waals surface area contributed by atoms with Crippen LogP contribution in [0.4, 0.5) is 4.39 Å². The maximum atomic E-state index is 13.6. The van der Waals surface area contributed by atoms with Crippen LogP contribution in [0.3, 0.4) is 0 Å². The van der Waals surface area contributed by atoms with Crippen molar-refractivity contribution in [2.24, 2.45) is 0 Å². The maximum absolute atomic E-state index is 13.6. The Balaban J connectivity index is 2.22. The molecule has 0 spiro atoms. The normalized spacial score (nSPS) is 17.4. The minimum atomic E-state index is -1.44. The van der Waals surface area contributed by atoms with Crippen molar-refractivity contribution >= 4 is 11.9 Å². The van der Waals surface area contributed by atoms with Gasteiger partial charge in [-0.2, -0.15) is 0 Å². The van der Waals surface area contributed by atoms with Gasteiger partial charge in [0.2, 0.25) is 0 Å². The van der Waals surface area contributed by atoms with Crippen LogP contribution in [0.2, 0.25) is 0 Å². The summed E-state index contributed by atoms with van der Waals surface area (Å²) < 4.78 is 18.7. The van der Waals surface area contributed by atoms with E-state index in [1.54, 1.807) is 0 Å². The second-order valence-electron chi connectivity index (χ2n) is 4.62. The van der Waals surface area contributed by atoms with E-state index in [0.717, 1.165) is 18.2 Å². The standard InChI is InChI=1S/C13H14FNO5/c14-10-7-8(16)1-2-9(10)11(17)15-13(12(18)19)3-5-20-6-4-13/h1-2,7,16H,3-6H2,(H,15,17)(H,18,19). The van der Waals surface area contributed by atoms with E-state index in [0.29, 0.717) is 0 Å². The number of ether oxygens (including phenoxy) is 1. The summed E-state index contributed by atoms with van der Waals surface area (Å²) in [6.07, 6.45) is 0.238. The van der Waals surface area contributed by atoms with E-state index in [1.807, 2.05) is 0 Å². The number of carboxylic acid groups (broad SMARTS) is 1. The van der Waals surface area contributed by atoms with Crippen molar-refractivity contribution in [1.82, 2.24) is 5.32 Å². The lowest BCUT2D eigenvalue weighted by atomic mass is 9.89. The van der Waals surface area contributed by atoms with Crippen molar-refractivity contribution in [3.63, 3.8) is 0 Å². The summed E-state index contributed by atoms with van der Waals surface area (Å²) in [4.78, 5) is 23.4. The Morgan fingerprint density at radius 2 is 1.95 bits per heavy atom. The van der Waals surface area contributed by atoms with Crippen molar-refractivity contribution in [3.05, 3.63) is 29.6 Å². The molecule has 3 N–H and O–H groups in total. The molecule has 0 atom stereocenters. The van der Waals surface area contributed by atoms with Crippen molar-refractivity contribution in [2.45, 2.75) is 18.4 Å². The third-order valence-electron chi connectivity index (χ3n) is 3.31. The smallest absolute Gasteiger partial charge is 0.329 e. The first kappa shape index (κ1) is 14.3. The fraction of sp³-hybridized carbons (Fsp3) is 0.385. The number of aliphatic carboxylic acids is 1. The van der Waals surface area contributed by atoms with Gasteiger partial charge in [-0.25, -0.2) is 9.18 Å². The number of phenolic OH excluding ortho intramolecular Hbond substituents is 1. The molecule has 1 aromatic rings. The lowest BCUT2D eigenvalue weighted by molar-refractivity contribution is -0.148. The molecule has 1 aromatic carbocycles. The van der Waals surface area contributed by atoms with Gasteiger partial charge in [-0.05, 0) is 12.1 Å². The summed E-state index contributed by atoms with van der Waals surface area (Å²) in [5.41, 5.74) is -1.76. The zero-order valence-corrected chi connectivity index (χ0v) is 10.6. The molecular formula is C13H14FNO5. The highest BCUT2D eigenvalue weighted by atomic mass is 19.1. The molecule has 6 nitrogen and oxygen atoms in total. The molecule has 108 valence electrons. The van der Waals surface area contributed by atoms with Crippen molar-refractivity contribution in [2.75, 3.05) is 13.2 Å². The number of carboxylic acids is 1. The summed E-state index contributed by atoms with van der Waals surface area (Å²) in [5.74, 6) is -3.21. The van der Waals surface area contributed by atoms with Gasteiger partial charge in [0.1, 0.15) is 17.1 Å². The molecule has 20 heavy (non-hydrogen) atoms. The number of rotatable bonds is 3. The number of carbonyl (C=O) groups is 2. The molecule has 7 heteroatoms. The Morgan fingerprint density at radius 1 is 1.30 bits per heavy atom. The molecule has 0 aromatic heterocycles. The second-order valence-corrected chi connectivity index (χ2v) is 4.62. The van der Waals surface area contributed by atoms with E-state index >= 15 is 0 Å². The van der Waals surface area contributed by atoms with Gasteiger partial charge >= 0.3 is 5.97 Å². The van der Waals surface area contributed by atoms with Crippen LogP contribution in [0.15, 0.2) is 18.2 Å². The Morgan fingerprint density at radius 3 is 2.50 bits per heavy atom. The van der Waals surface area contributed by atoms with Gasteiger partial charge < -0.3 is 20.3 Å². The van der Waals surface area contributed by atoms with E-state index in [-0.39, 0.29) is 37.4 Å². The van der Waals surface area contributed by atoms with Gasteiger partial charge in [0.25, 0.3) is 5.91 Å². The molecule has 1 saturated heterocycles. The number of amides is 1. The van der Waals surface area contributed by atoms with Gasteiger partial charge in [0.15, 0.2) is 0 Å². The van der Waals surface area contributed by atoms with Crippen molar-refractivity contribution in [3.8, 4) is 5.75 Å². The van der Waals surface area contributed by atoms with Crippen LogP contribution in [-0.4, -0.2) is 40.8 Å². The average molecular weight is 283 g/mol. The number of aromatic hydroxyl groups is 1. The molecule has 1 fully saturated rings. The Kier molecular flexibility index (Phi) is 3.89. The van der Waals surface area contributed by atoms with Gasteiger partial charge in [-0.3, -0.25) is 4.79 Å². The minimum absolute atomic E-state index is 0.119. The number of phenols is 1. The van der Waals surface area contributed by atoms with Gasteiger partial charge in [0.05, 0.1) is 5.56 Å². The number of hydrogen-bond donors (Lipinski definition) is 3. The van der Waals surface area contributed by atoms with Crippen LogP contribution >= 0.6 is 0 Å².